The third-order valence-electron chi connectivity index (χ3n) is 5.04. The Morgan fingerprint density at radius 2 is 2.00 bits per heavy atom. The Bertz CT molecular complexity index is 747. The summed E-state index contributed by atoms with van der Waals surface area (Å²) in [5.41, 5.74) is 0.659. The number of oxazole rings is 1. The van der Waals surface area contributed by atoms with Crippen LogP contribution in [0.4, 0.5) is 0 Å². The number of aliphatic hydroxyl groups is 1. The van der Waals surface area contributed by atoms with E-state index in [0.29, 0.717) is 23.3 Å². The molecule has 5 nitrogen and oxygen atoms in total. The molecule has 126 valence electrons. The monoisotopic (exact) mass is 326 g/mol. The molecule has 2 N–H and O–H groups in total. The molecule has 4 rings (SSSR count). The van der Waals surface area contributed by atoms with Crippen molar-refractivity contribution in [2.75, 3.05) is 6.61 Å². The number of carbonyl (C=O) groups is 1. The average Bonchev–Trinajstić information content (AvgIpc) is 3.52. The number of hydrogen-bond acceptors (Lipinski definition) is 4. The van der Waals surface area contributed by atoms with Gasteiger partial charge < -0.3 is 14.8 Å². The largest absolute Gasteiger partial charge is 0.440 e. The van der Waals surface area contributed by atoms with Crippen molar-refractivity contribution in [2.24, 2.45) is 5.92 Å². The van der Waals surface area contributed by atoms with E-state index >= 15 is 0 Å². The van der Waals surface area contributed by atoms with Gasteiger partial charge in [-0.25, -0.2) is 4.98 Å². The number of hydrogen-bond donors (Lipinski definition) is 2. The van der Waals surface area contributed by atoms with Gasteiger partial charge in [-0.05, 0) is 50.7 Å². The van der Waals surface area contributed by atoms with Gasteiger partial charge in [0.05, 0.1) is 12.1 Å². The average molecular weight is 326 g/mol. The SMILES string of the molecule is CC(CO)(NC(=O)c1nc(-c2ccccc2)oc1C1CC1)C1CC1. The van der Waals surface area contributed by atoms with Crippen LogP contribution < -0.4 is 5.32 Å². The second kappa shape index (κ2) is 5.74. The zero-order valence-corrected chi connectivity index (χ0v) is 13.8. The number of amides is 1. The fourth-order valence-electron chi connectivity index (χ4n) is 3.13. The Morgan fingerprint density at radius 3 is 2.58 bits per heavy atom. The van der Waals surface area contributed by atoms with Gasteiger partial charge in [0, 0.05) is 11.5 Å². The van der Waals surface area contributed by atoms with Crippen LogP contribution in [-0.4, -0.2) is 28.1 Å². The van der Waals surface area contributed by atoms with Gasteiger partial charge in [0.2, 0.25) is 5.89 Å². The van der Waals surface area contributed by atoms with Crippen LogP contribution in [0.3, 0.4) is 0 Å². The van der Waals surface area contributed by atoms with Crippen LogP contribution >= 0.6 is 0 Å². The van der Waals surface area contributed by atoms with Crippen molar-refractivity contribution in [1.29, 1.82) is 0 Å². The van der Waals surface area contributed by atoms with E-state index < -0.39 is 5.54 Å². The molecule has 2 aliphatic carbocycles. The van der Waals surface area contributed by atoms with Gasteiger partial charge in [0.15, 0.2) is 5.69 Å². The van der Waals surface area contributed by atoms with Crippen molar-refractivity contribution in [3.05, 3.63) is 41.8 Å². The predicted molar refractivity (Wildman–Crippen MR) is 89.6 cm³/mol. The zero-order valence-electron chi connectivity index (χ0n) is 13.8. The minimum atomic E-state index is -0.580. The van der Waals surface area contributed by atoms with E-state index in [-0.39, 0.29) is 18.4 Å². The molecule has 0 radical (unpaired) electrons. The third kappa shape index (κ3) is 2.84. The summed E-state index contributed by atoms with van der Waals surface area (Å²) in [5.74, 6) is 1.56. The summed E-state index contributed by atoms with van der Waals surface area (Å²) in [5, 5.41) is 12.7. The van der Waals surface area contributed by atoms with Gasteiger partial charge >= 0.3 is 0 Å². The molecule has 1 heterocycles. The first-order valence-corrected chi connectivity index (χ1v) is 8.60. The lowest BCUT2D eigenvalue weighted by atomic mass is 9.96. The van der Waals surface area contributed by atoms with E-state index in [1.54, 1.807) is 0 Å². The van der Waals surface area contributed by atoms with Crippen LogP contribution in [0.25, 0.3) is 11.5 Å². The standard InChI is InChI=1S/C19H22N2O3/c1-19(11-22,14-9-10-14)21-17(23)15-16(12-7-8-12)24-18(20-15)13-5-3-2-4-6-13/h2-6,12,14,22H,7-11H2,1H3,(H,21,23). The quantitative estimate of drug-likeness (QED) is 0.855. The molecule has 0 bridgehead atoms. The van der Waals surface area contributed by atoms with E-state index in [1.165, 1.54) is 0 Å². The lowest BCUT2D eigenvalue weighted by molar-refractivity contribution is 0.0818. The molecule has 2 aromatic rings. The van der Waals surface area contributed by atoms with Crippen molar-refractivity contribution in [2.45, 2.75) is 44.1 Å². The summed E-state index contributed by atoms with van der Waals surface area (Å²) in [4.78, 5) is 17.3. The first kappa shape index (κ1) is 15.4. The van der Waals surface area contributed by atoms with Crippen molar-refractivity contribution in [1.82, 2.24) is 10.3 Å². The summed E-state index contributed by atoms with van der Waals surface area (Å²) in [6.07, 6.45) is 4.15. The van der Waals surface area contributed by atoms with Crippen molar-refractivity contribution >= 4 is 5.91 Å². The first-order chi connectivity index (χ1) is 11.6. The normalized spacial score (nSPS) is 19.8. The number of nitrogens with one attached hydrogen (secondary N) is 1. The Balaban J connectivity index is 1.64. The van der Waals surface area contributed by atoms with Gasteiger partial charge in [-0.2, -0.15) is 0 Å². The number of carbonyl (C=O) groups excluding carboxylic acids is 1. The molecule has 1 amide bonds. The molecule has 24 heavy (non-hydrogen) atoms. The second-order valence-electron chi connectivity index (χ2n) is 7.18. The Labute approximate surface area is 141 Å². The van der Waals surface area contributed by atoms with Crippen LogP contribution in [0.5, 0.6) is 0 Å². The van der Waals surface area contributed by atoms with E-state index in [9.17, 15) is 9.90 Å². The summed E-state index contributed by atoms with van der Waals surface area (Å²) >= 11 is 0. The fraction of sp³-hybridized carbons (Fsp3) is 0.474. The smallest absolute Gasteiger partial charge is 0.274 e. The molecule has 2 aliphatic rings. The molecule has 2 saturated carbocycles. The van der Waals surface area contributed by atoms with Crippen LogP contribution in [-0.2, 0) is 0 Å². The Kier molecular flexibility index (Phi) is 3.68. The maximum absolute atomic E-state index is 12.8. The maximum atomic E-state index is 12.8. The van der Waals surface area contributed by atoms with E-state index in [2.05, 4.69) is 10.3 Å². The van der Waals surface area contributed by atoms with Crippen molar-refractivity contribution in [3.8, 4) is 11.5 Å². The number of nitrogens with zero attached hydrogens (tertiary/aromatic N) is 1. The predicted octanol–water partition coefficient (Wildman–Crippen LogP) is 3.11. The molecule has 2 fully saturated rings. The molecular weight excluding hydrogens is 304 g/mol. The molecule has 0 spiro atoms. The summed E-state index contributed by atoms with van der Waals surface area (Å²) in [6, 6.07) is 9.63. The van der Waals surface area contributed by atoms with Crippen LogP contribution in [0.1, 0.15) is 54.8 Å². The Morgan fingerprint density at radius 1 is 1.29 bits per heavy atom. The first-order valence-electron chi connectivity index (χ1n) is 8.60. The second-order valence-corrected chi connectivity index (χ2v) is 7.18. The maximum Gasteiger partial charge on any atom is 0.274 e. The fourth-order valence-corrected chi connectivity index (χ4v) is 3.13. The van der Waals surface area contributed by atoms with Gasteiger partial charge in [0.1, 0.15) is 5.76 Å². The number of benzene rings is 1. The van der Waals surface area contributed by atoms with E-state index in [1.807, 2.05) is 37.3 Å². The Hall–Kier alpha value is -2.14. The molecule has 1 aromatic heterocycles. The summed E-state index contributed by atoms with van der Waals surface area (Å²) < 4.78 is 5.94. The van der Waals surface area contributed by atoms with Crippen molar-refractivity contribution in [3.63, 3.8) is 0 Å². The summed E-state index contributed by atoms with van der Waals surface area (Å²) in [6.45, 7) is 1.84. The van der Waals surface area contributed by atoms with Crippen molar-refractivity contribution < 1.29 is 14.3 Å². The lowest BCUT2D eigenvalue weighted by Gasteiger charge is -2.28. The van der Waals surface area contributed by atoms with Crippen LogP contribution in [0.15, 0.2) is 34.7 Å². The van der Waals surface area contributed by atoms with Gasteiger partial charge in [0.25, 0.3) is 5.91 Å². The highest BCUT2D eigenvalue weighted by atomic mass is 16.4. The van der Waals surface area contributed by atoms with Gasteiger partial charge in [-0.15, -0.1) is 0 Å². The lowest BCUT2D eigenvalue weighted by Crippen LogP contribution is -2.51. The van der Waals surface area contributed by atoms with Crippen LogP contribution in [0.2, 0.25) is 0 Å². The van der Waals surface area contributed by atoms with Gasteiger partial charge in [-0.3, -0.25) is 4.79 Å². The summed E-state index contributed by atoms with van der Waals surface area (Å²) in [7, 11) is 0. The third-order valence-corrected chi connectivity index (χ3v) is 5.04. The van der Waals surface area contributed by atoms with E-state index in [0.717, 1.165) is 31.2 Å². The van der Waals surface area contributed by atoms with E-state index in [4.69, 9.17) is 4.42 Å². The molecule has 1 aromatic carbocycles. The molecule has 5 heteroatoms. The zero-order chi connectivity index (χ0) is 16.7. The highest BCUT2D eigenvalue weighted by molar-refractivity contribution is 5.94. The molecule has 0 saturated heterocycles. The topological polar surface area (TPSA) is 75.4 Å². The minimum absolute atomic E-state index is 0.0639. The number of aliphatic hydroxyl groups excluding tert-OH is 1. The van der Waals surface area contributed by atoms with Crippen LogP contribution in [0, 0.1) is 5.92 Å². The molecule has 1 unspecified atom stereocenters. The molecule has 0 aliphatic heterocycles. The molecule has 1 atom stereocenters. The number of rotatable bonds is 6. The van der Waals surface area contributed by atoms with Gasteiger partial charge in [-0.1, -0.05) is 18.2 Å². The molecular formula is C19H22N2O3. The highest BCUT2D eigenvalue weighted by Crippen LogP contribution is 2.44. The number of aromatic nitrogens is 1. The highest BCUT2D eigenvalue weighted by Gasteiger charge is 2.43. The minimum Gasteiger partial charge on any atom is -0.440 e.